The van der Waals surface area contributed by atoms with Crippen molar-refractivity contribution in [2.45, 2.75) is 32.2 Å². The largest absolute Gasteiger partial charge is 0.481 e. The van der Waals surface area contributed by atoms with Crippen LogP contribution in [0, 0.1) is 24.7 Å². The highest BCUT2D eigenvalue weighted by molar-refractivity contribution is 5.93. The van der Waals surface area contributed by atoms with Gasteiger partial charge >= 0.3 is 5.97 Å². The van der Waals surface area contributed by atoms with Crippen LogP contribution >= 0.6 is 0 Å². The van der Waals surface area contributed by atoms with E-state index in [0.29, 0.717) is 5.56 Å². The molecule has 0 radical (unpaired) electrons. The molecule has 6 heteroatoms. The first kappa shape index (κ1) is 12.2. The van der Waals surface area contributed by atoms with E-state index in [1.54, 1.807) is 6.92 Å². The molecule has 2 aliphatic carbocycles. The van der Waals surface area contributed by atoms with Crippen LogP contribution in [0.4, 0.5) is 0 Å². The minimum atomic E-state index is -0.813. The Morgan fingerprint density at radius 2 is 2.16 bits per heavy atom. The number of amides is 1. The molecule has 1 heterocycles. The van der Waals surface area contributed by atoms with E-state index in [-0.39, 0.29) is 29.5 Å². The molecule has 0 saturated heterocycles. The molecule has 4 atom stereocenters. The van der Waals surface area contributed by atoms with Gasteiger partial charge in [-0.15, -0.1) is 0 Å². The molecule has 1 amide bonds. The summed E-state index contributed by atoms with van der Waals surface area (Å²) in [5, 5.41) is 15.7. The zero-order chi connectivity index (χ0) is 13.6. The summed E-state index contributed by atoms with van der Waals surface area (Å²) < 4.78 is 4.90. The van der Waals surface area contributed by atoms with Gasteiger partial charge in [-0.25, -0.2) is 0 Å². The SMILES string of the molecule is Cc1cnoc1C(=O)NC1C2CCC(C2)C1C(=O)O. The predicted octanol–water partition coefficient (Wildman–Crippen LogP) is 1.21. The van der Waals surface area contributed by atoms with Crippen molar-refractivity contribution in [1.29, 1.82) is 0 Å². The van der Waals surface area contributed by atoms with E-state index in [9.17, 15) is 14.7 Å². The first-order chi connectivity index (χ1) is 9.08. The number of aromatic nitrogens is 1. The van der Waals surface area contributed by atoms with Gasteiger partial charge in [-0.2, -0.15) is 0 Å². The average molecular weight is 264 g/mol. The number of carboxylic acids is 1. The van der Waals surface area contributed by atoms with Crippen LogP contribution in [0.2, 0.25) is 0 Å². The zero-order valence-corrected chi connectivity index (χ0v) is 10.6. The van der Waals surface area contributed by atoms with Crippen molar-refractivity contribution >= 4 is 11.9 Å². The summed E-state index contributed by atoms with van der Waals surface area (Å²) in [5.41, 5.74) is 0.660. The molecule has 0 aliphatic heterocycles. The van der Waals surface area contributed by atoms with E-state index in [4.69, 9.17) is 4.52 Å². The number of carboxylic acid groups (broad SMARTS) is 1. The van der Waals surface area contributed by atoms with Gasteiger partial charge in [0.15, 0.2) is 0 Å². The number of hydrogen-bond acceptors (Lipinski definition) is 4. The van der Waals surface area contributed by atoms with E-state index in [1.807, 2.05) is 0 Å². The van der Waals surface area contributed by atoms with Gasteiger partial charge in [0.25, 0.3) is 5.91 Å². The van der Waals surface area contributed by atoms with Gasteiger partial charge in [-0.1, -0.05) is 5.16 Å². The molecule has 102 valence electrons. The molecule has 2 saturated carbocycles. The summed E-state index contributed by atoms with van der Waals surface area (Å²) in [6.45, 7) is 1.74. The summed E-state index contributed by atoms with van der Waals surface area (Å²) in [7, 11) is 0. The Morgan fingerprint density at radius 1 is 1.42 bits per heavy atom. The molecule has 2 bridgehead atoms. The van der Waals surface area contributed by atoms with E-state index in [2.05, 4.69) is 10.5 Å². The molecule has 4 unspecified atom stereocenters. The summed E-state index contributed by atoms with van der Waals surface area (Å²) in [5.74, 6) is -0.995. The third-order valence-electron chi connectivity index (χ3n) is 4.45. The maximum absolute atomic E-state index is 12.1. The minimum Gasteiger partial charge on any atom is -0.481 e. The lowest BCUT2D eigenvalue weighted by Crippen LogP contribution is -2.46. The van der Waals surface area contributed by atoms with Crippen molar-refractivity contribution in [3.63, 3.8) is 0 Å². The third-order valence-corrected chi connectivity index (χ3v) is 4.45. The number of hydrogen-bond donors (Lipinski definition) is 2. The average Bonchev–Trinajstić information content (AvgIpc) is 3.03. The monoisotopic (exact) mass is 264 g/mol. The van der Waals surface area contributed by atoms with Crippen LogP contribution in [-0.2, 0) is 4.79 Å². The smallest absolute Gasteiger partial charge is 0.308 e. The summed E-state index contributed by atoms with van der Waals surface area (Å²) in [6.07, 6.45) is 4.33. The lowest BCUT2D eigenvalue weighted by molar-refractivity contribution is -0.144. The number of carbonyl (C=O) groups is 2. The first-order valence-electron chi connectivity index (χ1n) is 6.53. The number of nitrogens with zero attached hydrogens (tertiary/aromatic N) is 1. The normalized spacial score (nSPS) is 32.5. The topological polar surface area (TPSA) is 92.4 Å². The van der Waals surface area contributed by atoms with E-state index in [1.165, 1.54) is 6.20 Å². The molecular weight excluding hydrogens is 248 g/mol. The number of aliphatic carboxylic acids is 1. The Morgan fingerprint density at radius 3 is 2.79 bits per heavy atom. The predicted molar refractivity (Wildman–Crippen MR) is 64.5 cm³/mol. The van der Waals surface area contributed by atoms with Crippen molar-refractivity contribution in [1.82, 2.24) is 10.5 Å². The minimum absolute atomic E-state index is 0.173. The fourth-order valence-corrected chi connectivity index (χ4v) is 3.58. The molecule has 1 aromatic rings. The van der Waals surface area contributed by atoms with Crippen LogP contribution in [0.3, 0.4) is 0 Å². The fourth-order valence-electron chi connectivity index (χ4n) is 3.58. The van der Waals surface area contributed by atoms with Gasteiger partial charge in [0, 0.05) is 11.6 Å². The lowest BCUT2D eigenvalue weighted by Gasteiger charge is -2.28. The van der Waals surface area contributed by atoms with Crippen molar-refractivity contribution < 1.29 is 19.2 Å². The van der Waals surface area contributed by atoms with Gasteiger partial charge in [0.05, 0.1) is 12.1 Å². The Bertz CT molecular complexity index is 524. The second-order valence-electron chi connectivity index (χ2n) is 5.53. The van der Waals surface area contributed by atoms with Crippen LogP contribution in [0.1, 0.15) is 35.4 Å². The van der Waals surface area contributed by atoms with Crippen LogP contribution in [0.25, 0.3) is 0 Å². The second kappa shape index (κ2) is 4.36. The van der Waals surface area contributed by atoms with Crippen molar-refractivity contribution in [2.24, 2.45) is 17.8 Å². The number of aryl methyl sites for hydroxylation is 1. The molecule has 19 heavy (non-hydrogen) atoms. The molecule has 0 aromatic carbocycles. The zero-order valence-electron chi connectivity index (χ0n) is 10.6. The van der Waals surface area contributed by atoms with Gasteiger partial charge in [0.1, 0.15) is 0 Å². The van der Waals surface area contributed by atoms with Crippen LogP contribution in [0.15, 0.2) is 10.7 Å². The quantitative estimate of drug-likeness (QED) is 0.856. The molecule has 3 rings (SSSR count). The Labute approximate surface area is 110 Å². The Kier molecular flexibility index (Phi) is 2.80. The Balaban J connectivity index is 1.77. The molecule has 2 aliphatic rings. The van der Waals surface area contributed by atoms with Crippen LogP contribution in [0.5, 0.6) is 0 Å². The summed E-state index contributed by atoms with van der Waals surface area (Å²) in [4.78, 5) is 23.4. The molecule has 1 aromatic heterocycles. The molecule has 2 fully saturated rings. The van der Waals surface area contributed by atoms with Gasteiger partial charge in [-0.05, 0) is 38.0 Å². The highest BCUT2D eigenvalue weighted by Crippen LogP contribution is 2.48. The molecule has 6 nitrogen and oxygen atoms in total. The van der Waals surface area contributed by atoms with Gasteiger partial charge in [0.2, 0.25) is 5.76 Å². The van der Waals surface area contributed by atoms with E-state index in [0.717, 1.165) is 19.3 Å². The molecule has 0 spiro atoms. The number of fused-ring (bicyclic) bond motifs is 2. The number of rotatable bonds is 3. The highest BCUT2D eigenvalue weighted by atomic mass is 16.5. The van der Waals surface area contributed by atoms with E-state index >= 15 is 0 Å². The van der Waals surface area contributed by atoms with Gasteiger partial charge in [-0.3, -0.25) is 9.59 Å². The Hall–Kier alpha value is -1.85. The number of carbonyl (C=O) groups excluding carboxylic acids is 1. The maximum Gasteiger partial charge on any atom is 0.308 e. The second-order valence-corrected chi connectivity index (χ2v) is 5.53. The van der Waals surface area contributed by atoms with Crippen molar-refractivity contribution in [2.75, 3.05) is 0 Å². The standard InChI is InChI=1S/C13H16N2O4/c1-6-5-14-19-11(6)12(16)15-10-8-3-2-7(4-8)9(10)13(17)18/h5,7-10H,2-4H2,1H3,(H,15,16)(H,17,18). The van der Waals surface area contributed by atoms with Gasteiger partial charge < -0.3 is 14.9 Å². The van der Waals surface area contributed by atoms with E-state index < -0.39 is 11.9 Å². The highest BCUT2D eigenvalue weighted by Gasteiger charge is 2.51. The van der Waals surface area contributed by atoms with Crippen molar-refractivity contribution in [3.05, 3.63) is 17.5 Å². The fraction of sp³-hybridized carbons (Fsp3) is 0.615. The third kappa shape index (κ3) is 1.91. The lowest BCUT2D eigenvalue weighted by atomic mass is 9.84. The molecule has 2 N–H and O–H groups in total. The van der Waals surface area contributed by atoms with Crippen molar-refractivity contribution in [3.8, 4) is 0 Å². The summed E-state index contributed by atoms with van der Waals surface area (Å²) in [6, 6.07) is -0.284. The first-order valence-corrected chi connectivity index (χ1v) is 6.53. The maximum atomic E-state index is 12.1. The van der Waals surface area contributed by atoms with Crippen LogP contribution in [-0.4, -0.2) is 28.2 Å². The molecular formula is C13H16N2O4. The number of nitrogens with one attached hydrogen (secondary N) is 1. The van der Waals surface area contributed by atoms with Crippen LogP contribution < -0.4 is 5.32 Å². The summed E-state index contributed by atoms with van der Waals surface area (Å²) >= 11 is 0.